The maximum Gasteiger partial charge on any atom is 0.124 e. The first-order valence-corrected chi connectivity index (χ1v) is 7.55. The van der Waals surface area contributed by atoms with Crippen LogP contribution in [0.25, 0.3) is 11.0 Å². The molecule has 1 saturated heterocycles. The van der Waals surface area contributed by atoms with Crippen LogP contribution in [0.15, 0.2) is 18.2 Å². The predicted molar refractivity (Wildman–Crippen MR) is 79.6 cm³/mol. The van der Waals surface area contributed by atoms with Crippen molar-refractivity contribution in [3.8, 4) is 0 Å². The van der Waals surface area contributed by atoms with Crippen LogP contribution >= 0.6 is 11.6 Å². The van der Waals surface area contributed by atoms with Gasteiger partial charge in [0.1, 0.15) is 5.82 Å². The van der Waals surface area contributed by atoms with E-state index in [0.29, 0.717) is 6.04 Å². The third-order valence-corrected chi connectivity index (χ3v) is 4.23. The zero-order valence-electron chi connectivity index (χ0n) is 11.3. The van der Waals surface area contributed by atoms with Gasteiger partial charge in [-0.25, -0.2) is 4.98 Å². The van der Waals surface area contributed by atoms with Crippen LogP contribution in [0.1, 0.15) is 44.5 Å². The number of halogens is 1. The summed E-state index contributed by atoms with van der Waals surface area (Å²) in [4.78, 5) is 10.8. The summed E-state index contributed by atoms with van der Waals surface area (Å²) in [7, 11) is 0. The Morgan fingerprint density at radius 2 is 2.11 bits per heavy atom. The first-order valence-electron chi connectivity index (χ1n) is 7.17. The number of nitrogens with zero attached hydrogens (tertiary/aromatic N) is 2. The van der Waals surface area contributed by atoms with E-state index in [0.717, 1.165) is 28.3 Å². The third kappa shape index (κ3) is 2.63. The summed E-state index contributed by atoms with van der Waals surface area (Å²) in [5.41, 5.74) is 2.05. The van der Waals surface area contributed by atoms with Crippen molar-refractivity contribution in [2.45, 2.75) is 38.6 Å². The molecule has 19 heavy (non-hydrogen) atoms. The smallest absolute Gasteiger partial charge is 0.124 e. The zero-order chi connectivity index (χ0) is 13.2. The molecule has 1 fully saturated rings. The molecule has 1 aromatic heterocycles. The monoisotopic (exact) mass is 277 g/mol. The molecular formula is C15H20ClN3. The molecule has 1 aromatic carbocycles. The van der Waals surface area contributed by atoms with E-state index in [9.17, 15) is 0 Å². The summed E-state index contributed by atoms with van der Waals surface area (Å²) >= 11 is 6.03. The van der Waals surface area contributed by atoms with Gasteiger partial charge in [-0.2, -0.15) is 0 Å². The van der Waals surface area contributed by atoms with E-state index in [1.54, 1.807) is 0 Å². The number of benzene rings is 1. The van der Waals surface area contributed by atoms with Gasteiger partial charge in [-0.3, -0.25) is 4.90 Å². The largest absolute Gasteiger partial charge is 0.341 e. The Hall–Kier alpha value is -1.06. The average Bonchev–Trinajstić information content (AvgIpc) is 2.83. The van der Waals surface area contributed by atoms with Gasteiger partial charge in [0.25, 0.3) is 0 Å². The number of rotatable bonds is 3. The summed E-state index contributed by atoms with van der Waals surface area (Å²) in [5.74, 6) is 1.08. The molecule has 2 aromatic rings. The second kappa shape index (κ2) is 5.51. The molecule has 0 saturated carbocycles. The number of aromatic nitrogens is 2. The fraction of sp³-hybridized carbons (Fsp3) is 0.533. The minimum Gasteiger partial charge on any atom is -0.341 e. The summed E-state index contributed by atoms with van der Waals surface area (Å²) in [6.45, 7) is 4.62. The number of nitrogens with one attached hydrogen (secondary N) is 1. The van der Waals surface area contributed by atoms with Crippen LogP contribution in [0.3, 0.4) is 0 Å². The maximum absolute atomic E-state index is 6.03. The fourth-order valence-corrected chi connectivity index (χ4v) is 3.19. The molecule has 4 heteroatoms. The number of fused-ring (bicyclic) bond motifs is 1. The molecule has 102 valence electrons. The quantitative estimate of drug-likeness (QED) is 0.914. The van der Waals surface area contributed by atoms with Crippen LogP contribution in [0.2, 0.25) is 5.02 Å². The molecule has 3 rings (SSSR count). The number of piperidine rings is 1. The molecule has 1 N–H and O–H groups in total. The number of hydrogen-bond acceptors (Lipinski definition) is 2. The van der Waals surface area contributed by atoms with Gasteiger partial charge in [0, 0.05) is 5.02 Å². The van der Waals surface area contributed by atoms with Crippen molar-refractivity contribution in [3.63, 3.8) is 0 Å². The molecule has 0 bridgehead atoms. The lowest BCUT2D eigenvalue weighted by Crippen LogP contribution is -2.34. The van der Waals surface area contributed by atoms with Gasteiger partial charge in [-0.1, -0.05) is 24.9 Å². The molecule has 1 atom stereocenters. The Bertz CT molecular complexity index is 558. The van der Waals surface area contributed by atoms with Crippen LogP contribution in [0.4, 0.5) is 0 Å². The van der Waals surface area contributed by atoms with Crippen LogP contribution in [0, 0.1) is 0 Å². The Morgan fingerprint density at radius 1 is 1.32 bits per heavy atom. The maximum atomic E-state index is 6.03. The molecule has 2 heterocycles. The first kappa shape index (κ1) is 12.9. The Labute approximate surface area is 119 Å². The van der Waals surface area contributed by atoms with Crippen LogP contribution < -0.4 is 0 Å². The van der Waals surface area contributed by atoms with E-state index in [1.807, 2.05) is 18.2 Å². The van der Waals surface area contributed by atoms with E-state index in [2.05, 4.69) is 16.8 Å². The highest BCUT2D eigenvalue weighted by Gasteiger charge is 2.23. The standard InChI is InChI=1S/C15H20ClN3/c1-2-14(19-8-4-3-5-9-19)15-17-12-7-6-11(16)10-13(12)18-15/h6-7,10,14H,2-5,8-9H2,1H3,(H,17,18). The van der Waals surface area contributed by atoms with Gasteiger partial charge >= 0.3 is 0 Å². The zero-order valence-corrected chi connectivity index (χ0v) is 12.1. The second-order valence-electron chi connectivity index (χ2n) is 5.30. The van der Waals surface area contributed by atoms with Gasteiger partial charge < -0.3 is 4.98 Å². The fourth-order valence-electron chi connectivity index (χ4n) is 3.01. The molecule has 1 aliphatic heterocycles. The minimum absolute atomic E-state index is 0.409. The van der Waals surface area contributed by atoms with E-state index >= 15 is 0 Å². The molecule has 3 nitrogen and oxygen atoms in total. The average molecular weight is 278 g/mol. The van der Waals surface area contributed by atoms with Gasteiger partial charge in [-0.15, -0.1) is 0 Å². The van der Waals surface area contributed by atoms with E-state index in [4.69, 9.17) is 16.6 Å². The lowest BCUT2D eigenvalue weighted by atomic mass is 10.1. The van der Waals surface area contributed by atoms with Crippen molar-refractivity contribution in [2.24, 2.45) is 0 Å². The SMILES string of the molecule is CCC(c1nc2ccc(Cl)cc2[nH]1)N1CCCCC1. The normalized spacial score (nSPS) is 18.8. The second-order valence-corrected chi connectivity index (χ2v) is 5.74. The molecule has 1 unspecified atom stereocenters. The Morgan fingerprint density at radius 3 is 2.84 bits per heavy atom. The Kier molecular flexibility index (Phi) is 3.76. The van der Waals surface area contributed by atoms with Gasteiger partial charge in [0.2, 0.25) is 0 Å². The highest BCUT2D eigenvalue weighted by molar-refractivity contribution is 6.31. The van der Waals surface area contributed by atoms with E-state index < -0.39 is 0 Å². The van der Waals surface area contributed by atoms with Crippen molar-refractivity contribution >= 4 is 22.6 Å². The summed E-state index contributed by atoms with van der Waals surface area (Å²) < 4.78 is 0. The first-order chi connectivity index (χ1) is 9.28. The van der Waals surface area contributed by atoms with E-state index in [-0.39, 0.29) is 0 Å². The van der Waals surface area contributed by atoms with Crippen molar-refractivity contribution in [2.75, 3.05) is 13.1 Å². The highest BCUT2D eigenvalue weighted by atomic mass is 35.5. The van der Waals surface area contributed by atoms with E-state index in [1.165, 1.54) is 32.4 Å². The molecule has 0 radical (unpaired) electrons. The molecule has 0 aliphatic carbocycles. The van der Waals surface area contributed by atoms with Crippen LogP contribution in [-0.2, 0) is 0 Å². The van der Waals surface area contributed by atoms with Crippen LogP contribution in [0.5, 0.6) is 0 Å². The number of hydrogen-bond donors (Lipinski definition) is 1. The molecule has 0 spiro atoms. The molecular weight excluding hydrogens is 258 g/mol. The highest BCUT2D eigenvalue weighted by Crippen LogP contribution is 2.27. The van der Waals surface area contributed by atoms with Crippen molar-refractivity contribution in [1.29, 1.82) is 0 Å². The molecule has 1 aliphatic rings. The summed E-state index contributed by atoms with van der Waals surface area (Å²) in [5, 5.41) is 0.758. The number of aromatic amines is 1. The predicted octanol–water partition coefficient (Wildman–Crippen LogP) is 4.15. The van der Waals surface area contributed by atoms with Crippen molar-refractivity contribution in [3.05, 3.63) is 29.0 Å². The topological polar surface area (TPSA) is 31.9 Å². The van der Waals surface area contributed by atoms with Crippen molar-refractivity contribution < 1.29 is 0 Å². The van der Waals surface area contributed by atoms with Gasteiger partial charge in [-0.05, 0) is 50.6 Å². The summed E-state index contributed by atoms with van der Waals surface area (Å²) in [6, 6.07) is 6.25. The summed E-state index contributed by atoms with van der Waals surface area (Å²) in [6.07, 6.45) is 5.07. The molecule has 0 amide bonds. The lowest BCUT2D eigenvalue weighted by molar-refractivity contribution is 0.154. The number of imidazole rings is 1. The van der Waals surface area contributed by atoms with Crippen LogP contribution in [-0.4, -0.2) is 28.0 Å². The Balaban J connectivity index is 1.91. The third-order valence-electron chi connectivity index (χ3n) is 4.00. The number of likely N-dealkylation sites (tertiary alicyclic amines) is 1. The van der Waals surface area contributed by atoms with Gasteiger partial charge in [0.05, 0.1) is 17.1 Å². The minimum atomic E-state index is 0.409. The van der Waals surface area contributed by atoms with Crippen molar-refractivity contribution in [1.82, 2.24) is 14.9 Å². The van der Waals surface area contributed by atoms with Gasteiger partial charge in [0.15, 0.2) is 0 Å². The lowest BCUT2D eigenvalue weighted by Gasteiger charge is -2.32. The number of H-pyrrole nitrogens is 1.